The van der Waals surface area contributed by atoms with Gasteiger partial charge in [0.2, 0.25) is 0 Å². The summed E-state index contributed by atoms with van der Waals surface area (Å²) in [5, 5.41) is 14.5. The summed E-state index contributed by atoms with van der Waals surface area (Å²) in [6.07, 6.45) is 1.58. The van der Waals surface area contributed by atoms with E-state index in [-0.39, 0.29) is 0 Å². The van der Waals surface area contributed by atoms with Crippen LogP contribution >= 0.6 is 11.3 Å². The van der Waals surface area contributed by atoms with Gasteiger partial charge in [0.05, 0.1) is 6.61 Å². The van der Waals surface area contributed by atoms with Crippen molar-refractivity contribution in [3.05, 3.63) is 51.2 Å². The Bertz CT molecular complexity index is 559. The average molecular weight is 260 g/mol. The van der Waals surface area contributed by atoms with E-state index in [1.54, 1.807) is 11.3 Å². The van der Waals surface area contributed by atoms with Crippen molar-refractivity contribution in [2.24, 2.45) is 0 Å². The van der Waals surface area contributed by atoms with E-state index < -0.39 is 6.10 Å². The van der Waals surface area contributed by atoms with Gasteiger partial charge in [-0.05, 0) is 64.9 Å². The van der Waals surface area contributed by atoms with E-state index in [1.165, 1.54) is 5.56 Å². The predicted octanol–water partition coefficient (Wildman–Crippen LogP) is 3.46. The minimum Gasteiger partial charge on any atom is -0.493 e. The molecule has 0 radical (unpaired) electrons. The van der Waals surface area contributed by atoms with Crippen LogP contribution in [0.1, 0.15) is 34.8 Å². The van der Waals surface area contributed by atoms with Crippen molar-refractivity contribution in [1.82, 2.24) is 0 Å². The lowest BCUT2D eigenvalue weighted by Gasteiger charge is -2.19. The van der Waals surface area contributed by atoms with Crippen molar-refractivity contribution in [1.29, 1.82) is 0 Å². The van der Waals surface area contributed by atoms with Crippen LogP contribution < -0.4 is 4.74 Å². The Balaban J connectivity index is 1.95. The summed E-state index contributed by atoms with van der Waals surface area (Å²) in [5.41, 5.74) is 4.34. The zero-order valence-electron chi connectivity index (χ0n) is 10.3. The molecule has 0 saturated heterocycles. The summed E-state index contributed by atoms with van der Waals surface area (Å²) in [4.78, 5) is 0. The van der Waals surface area contributed by atoms with Gasteiger partial charge in [-0.3, -0.25) is 0 Å². The molecule has 1 aromatic heterocycles. The van der Waals surface area contributed by atoms with Crippen LogP contribution in [0.5, 0.6) is 5.75 Å². The highest BCUT2D eigenvalue weighted by atomic mass is 32.1. The molecular formula is C15H16O2S. The molecule has 0 bridgehead atoms. The van der Waals surface area contributed by atoms with Crippen LogP contribution in [0.15, 0.2) is 29.0 Å². The van der Waals surface area contributed by atoms with Gasteiger partial charge >= 0.3 is 0 Å². The molecular weight excluding hydrogens is 244 g/mol. The standard InChI is InChI=1S/C15H16O2S/c1-10-8-18-9-13(10)15(16)12-4-5-14-11(7-12)3-2-6-17-14/h4-5,7-9,15-16H,2-3,6H2,1H3. The van der Waals surface area contributed by atoms with Crippen LogP contribution in [0.2, 0.25) is 0 Å². The number of thiophene rings is 1. The van der Waals surface area contributed by atoms with Crippen molar-refractivity contribution in [3.8, 4) is 5.75 Å². The van der Waals surface area contributed by atoms with Crippen molar-refractivity contribution in [2.75, 3.05) is 6.61 Å². The summed E-state index contributed by atoms with van der Waals surface area (Å²) in [6, 6.07) is 6.02. The quantitative estimate of drug-likeness (QED) is 0.896. The van der Waals surface area contributed by atoms with Crippen LogP contribution in [0, 0.1) is 6.92 Å². The minimum absolute atomic E-state index is 0.525. The fraction of sp³-hybridized carbons (Fsp3) is 0.333. The number of aryl methyl sites for hydroxylation is 2. The molecule has 0 saturated carbocycles. The van der Waals surface area contributed by atoms with Crippen molar-refractivity contribution in [3.63, 3.8) is 0 Å². The molecule has 94 valence electrons. The van der Waals surface area contributed by atoms with E-state index in [0.717, 1.165) is 41.9 Å². The molecule has 1 atom stereocenters. The van der Waals surface area contributed by atoms with E-state index >= 15 is 0 Å². The summed E-state index contributed by atoms with van der Waals surface area (Å²) in [6.45, 7) is 2.84. The molecule has 3 rings (SSSR count). The molecule has 3 heteroatoms. The Morgan fingerprint density at radius 3 is 3.00 bits per heavy atom. The molecule has 1 aromatic carbocycles. The van der Waals surface area contributed by atoms with Crippen LogP contribution in [0.25, 0.3) is 0 Å². The van der Waals surface area contributed by atoms with E-state index in [0.29, 0.717) is 0 Å². The summed E-state index contributed by atoms with van der Waals surface area (Å²) in [7, 11) is 0. The van der Waals surface area contributed by atoms with Gasteiger partial charge in [0.1, 0.15) is 11.9 Å². The molecule has 2 aromatic rings. The van der Waals surface area contributed by atoms with Gasteiger partial charge < -0.3 is 9.84 Å². The fourth-order valence-electron chi connectivity index (χ4n) is 2.38. The normalized spacial score (nSPS) is 15.9. The number of aliphatic hydroxyl groups excluding tert-OH is 1. The number of hydrogen-bond acceptors (Lipinski definition) is 3. The highest BCUT2D eigenvalue weighted by Crippen LogP contribution is 2.32. The van der Waals surface area contributed by atoms with Gasteiger partial charge in [0.25, 0.3) is 0 Å². The third-order valence-corrected chi connectivity index (χ3v) is 4.32. The summed E-state index contributed by atoms with van der Waals surface area (Å²) >= 11 is 1.63. The number of ether oxygens (including phenoxy) is 1. The maximum absolute atomic E-state index is 10.4. The molecule has 2 nitrogen and oxygen atoms in total. The molecule has 1 aliphatic heterocycles. The van der Waals surface area contributed by atoms with E-state index in [4.69, 9.17) is 4.74 Å². The lowest BCUT2D eigenvalue weighted by Crippen LogP contribution is -2.09. The molecule has 1 unspecified atom stereocenters. The molecule has 0 fully saturated rings. The van der Waals surface area contributed by atoms with Gasteiger partial charge in [-0.25, -0.2) is 0 Å². The number of benzene rings is 1. The lowest BCUT2D eigenvalue weighted by atomic mass is 9.97. The summed E-state index contributed by atoms with van der Waals surface area (Å²) < 4.78 is 5.59. The second kappa shape index (κ2) is 4.75. The third-order valence-electron chi connectivity index (χ3n) is 3.44. The molecule has 2 heterocycles. The molecule has 0 amide bonds. The van der Waals surface area contributed by atoms with Crippen LogP contribution in [0.3, 0.4) is 0 Å². The van der Waals surface area contributed by atoms with Crippen LogP contribution in [-0.2, 0) is 6.42 Å². The summed E-state index contributed by atoms with van der Waals surface area (Å²) in [5.74, 6) is 0.972. The first-order valence-corrected chi connectivity index (χ1v) is 7.16. The molecule has 0 aliphatic carbocycles. The molecule has 0 spiro atoms. The Morgan fingerprint density at radius 2 is 2.22 bits per heavy atom. The lowest BCUT2D eigenvalue weighted by molar-refractivity contribution is 0.219. The SMILES string of the molecule is Cc1cscc1C(O)c1ccc2c(c1)CCCO2. The Labute approximate surface area is 111 Å². The van der Waals surface area contributed by atoms with Crippen molar-refractivity contribution >= 4 is 11.3 Å². The second-order valence-electron chi connectivity index (χ2n) is 4.73. The highest BCUT2D eigenvalue weighted by molar-refractivity contribution is 7.08. The van der Waals surface area contributed by atoms with Gasteiger partial charge in [-0.2, -0.15) is 11.3 Å². The number of rotatable bonds is 2. The fourth-order valence-corrected chi connectivity index (χ4v) is 3.25. The van der Waals surface area contributed by atoms with Gasteiger partial charge in [-0.1, -0.05) is 6.07 Å². The maximum atomic E-state index is 10.4. The molecule has 1 N–H and O–H groups in total. The first-order valence-electron chi connectivity index (χ1n) is 6.22. The first-order chi connectivity index (χ1) is 8.75. The zero-order valence-corrected chi connectivity index (χ0v) is 11.2. The third kappa shape index (κ3) is 2.04. The average Bonchev–Trinajstić information content (AvgIpc) is 2.83. The predicted molar refractivity (Wildman–Crippen MR) is 73.4 cm³/mol. The Morgan fingerprint density at radius 1 is 1.33 bits per heavy atom. The minimum atomic E-state index is -0.525. The topological polar surface area (TPSA) is 29.5 Å². The Hall–Kier alpha value is -1.32. The number of aliphatic hydroxyl groups is 1. The molecule has 1 aliphatic rings. The zero-order chi connectivity index (χ0) is 12.5. The first kappa shape index (κ1) is 11.8. The monoisotopic (exact) mass is 260 g/mol. The number of hydrogen-bond donors (Lipinski definition) is 1. The number of fused-ring (bicyclic) bond motifs is 1. The smallest absolute Gasteiger partial charge is 0.122 e. The van der Waals surface area contributed by atoms with Gasteiger partial charge in [0.15, 0.2) is 0 Å². The van der Waals surface area contributed by atoms with Gasteiger partial charge in [0, 0.05) is 0 Å². The van der Waals surface area contributed by atoms with E-state index in [9.17, 15) is 5.11 Å². The van der Waals surface area contributed by atoms with E-state index in [2.05, 4.69) is 11.4 Å². The molecule has 18 heavy (non-hydrogen) atoms. The van der Waals surface area contributed by atoms with Gasteiger partial charge in [-0.15, -0.1) is 0 Å². The van der Waals surface area contributed by atoms with Crippen LogP contribution in [0.4, 0.5) is 0 Å². The van der Waals surface area contributed by atoms with Crippen molar-refractivity contribution < 1.29 is 9.84 Å². The maximum Gasteiger partial charge on any atom is 0.122 e. The van der Waals surface area contributed by atoms with Crippen LogP contribution in [-0.4, -0.2) is 11.7 Å². The largest absolute Gasteiger partial charge is 0.493 e. The Kier molecular flexibility index (Phi) is 3.10. The second-order valence-corrected chi connectivity index (χ2v) is 5.48. The highest BCUT2D eigenvalue weighted by Gasteiger charge is 2.17. The van der Waals surface area contributed by atoms with Crippen molar-refractivity contribution in [2.45, 2.75) is 25.9 Å². The van der Waals surface area contributed by atoms with E-state index in [1.807, 2.05) is 24.4 Å².